The monoisotopic (exact) mass is 277 g/mol. The third-order valence-corrected chi connectivity index (χ3v) is 2.96. The Labute approximate surface area is 117 Å². The van der Waals surface area contributed by atoms with Crippen LogP contribution in [-0.4, -0.2) is 24.4 Å². The molecule has 1 heterocycles. The second-order valence-electron chi connectivity index (χ2n) is 4.77. The predicted molar refractivity (Wildman–Crippen MR) is 74.0 cm³/mol. The van der Waals surface area contributed by atoms with Crippen molar-refractivity contribution in [3.63, 3.8) is 0 Å². The normalized spacial score (nSPS) is 12.5. The Balaban J connectivity index is 2.33. The van der Waals surface area contributed by atoms with Gasteiger partial charge in [0.05, 0.1) is 20.3 Å². The van der Waals surface area contributed by atoms with Crippen molar-refractivity contribution in [1.29, 1.82) is 0 Å². The van der Waals surface area contributed by atoms with Gasteiger partial charge in [0.1, 0.15) is 11.5 Å². The van der Waals surface area contributed by atoms with E-state index in [1.165, 1.54) is 0 Å². The van der Waals surface area contributed by atoms with Gasteiger partial charge >= 0.3 is 0 Å². The molecule has 2 aromatic rings. The van der Waals surface area contributed by atoms with Gasteiger partial charge in [-0.25, -0.2) is 0 Å². The number of hydrogen-bond donors (Lipinski definition) is 1. The average molecular weight is 277 g/mol. The molecule has 0 radical (unpaired) electrons. The quantitative estimate of drug-likeness (QED) is 0.902. The minimum absolute atomic E-state index is 0.170. The number of rotatable bonds is 5. The maximum atomic E-state index is 6.18. The summed E-state index contributed by atoms with van der Waals surface area (Å²) in [6, 6.07) is 4.96. The molecule has 0 spiro atoms. The maximum absolute atomic E-state index is 6.18. The molecule has 0 saturated carbocycles. The molecule has 1 aromatic heterocycles. The summed E-state index contributed by atoms with van der Waals surface area (Å²) in [5.41, 5.74) is 6.98. The van der Waals surface area contributed by atoms with Gasteiger partial charge in [-0.3, -0.25) is 0 Å². The van der Waals surface area contributed by atoms with E-state index < -0.39 is 6.04 Å². The average Bonchev–Trinajstić information content (AvgIpc) is 2.95. The Morgan fingerprint density at radius 2 is 1.70 bits per heavy atom. The van der Waals surface area contributed by atoms with Crippen molar-refractivity contribution in [1.82, 2.24) is 10.1 Å². The highest BCUT2D eigenvalue weighted by molar-refractivity contribution is 5.41. The van der Waals surface area contributed by atoms with E-state index >= 15 is 0 Å². The summed E-state index contributed by atoms with van der Waals surface area (Å²) in [6.45, 7) is 3.97. The zero-order valence-electron chi connectivity index (χ0n) is 12.1. The second kappa shape index (κ2) is 5.92. The summed E-state index contributed by atoms with van der Waals surface area (Å²) < 4.78 is 15.6. The van der Waals surface area contributed by atoms with Crippen molar-refractivity contribution >= 4 is 0 Å². The van der Waals surface area contributed by atoms with Gasteiger partial charge in [0.2, 0.25) is 5.89 Å². The van der Waals surface area contributed by atoms with Crippen molar-refractivity contribution in [3.8, 4) is 11.5 Å². The number of nitrogens with two attached hydrogens (primary N) is 1. The minimum Gasteiger partial charge on any atom is -0.497 e. The van der Waals surface area contributed by atoms with Crippen LogP contribution >= 0.6 is 0 Å². The number of methoxy groups -OCH3 is 2. The molecular formula is C14H19N3O3. The van der Waals surface area contributed by atoms with Crippen LogP contribution < -0.4 is 15.2 Å². The highest BCUT2D eigenvalue weighted by atomic mass is 16.5. The van der Waals surface area contributed by atoms with Crippen molar-refractivity contribution in [2.45, 2.75) is 25.8 Å². The fourth-order valence-electron chi connectivity index (χ4n) is 1.77. The molecule has 1 aromatic carbocycles. The highest BCUT2D eigenvalue weighted by Crippen LogP contribution is 2.28. The molecule has 2 N–H and O–H groups in total. The van der Waals surface area contributed by atoms with Crippen LogP contribution in [0.4, 0.5) is 0 Å². The van der Waals surface area contributed by atoms with Crippen LogP contribution in [0.15, 0.2) is 22.7 Å². The van der Waals surface area contributed by atoms with Crippen LogP contribution in [0.25, 0.3) is 0 Å². The first-order chi connectivity index (χ1) is 9.55. The molecule has 0 aliphatic rings. The molecule has 6 nitrogen and oxygen atoms in total. The van der Waals surface area contributed by atoms with E-state index in [1.54, 1.807) is 20.3 Å². The number of hydrogen-bond acceptors (Lipinski definition) is 6. The van der Waals surface area contributed by atoms with E-state index in [0.717, 1.165) is 5.56 Å². The Morgan fingerprint density at radius 1 is 1.10 bits per heavy atom. The van der Waals surface area contributed by atoms with Gasteiger partial charge in [-0.1, -0.05) is 19.0 Å². The molecule has 2 rings (SSSR count). The summed E-state index contributed by atoms with van der Waals surface area (Å²) in [5, 5.41) is 3.93. The van der Waals surface area contributed by atoms with Gasteiger partial charge < -0.3 is 19.7 Å². The molecule has 0 saturated heterocycles. The molecule has 0 fully saturated rings. The summed E-state index contributed by atoms with van der Waals surface area (Å²) in [7, 11) is 3.19. The Kier molecular flexibility index (Phi) is 4.24. The first-order valence-electron chi connectivity index (χ1n) is 6.37. The number of aromatic nitrogens is 2. The first-order valence-corrected chi connectivity index (χ1v) is 6.37. The first kappa shape index (κ1) is 14.3. The van der Waals surface area contributed by atoms with E-state index in [4.69, 9.17) is 19.7 Å². The van der Waals surface area contributed by atoms with Crippen LogP contribution in [0.3, 0.4) is 0 Å². The van der Waals surface area contributed by atoms with Crippen LogP contribution in [0.1, 0.15) is 43.1 Å². The molecule has 0 aliphatic carbocycles. The van der Waals surface area contributed by atoms with Gasteiger partial charge in [-0.15, -0.1) is 0 Å². The second-order valence-corrected chi connectivity index (χ2v) is 4.77. The lowest BCUT2D eigenvalue weighted by atomic mass is 10.1. The van der Waals surface area contributed by atoms with E-state index in [9.17, 15) is 0 Å². The lowest BCUT2D eigenvalue weighted by Crippen LogP contribution is -2.14. The molecule has 0 aliphatic heterocycles. The maximum Gasteiger partial charge on any atom is 0.229 e. The van der Waals surface area contributed by atoms with Crippen molar-refractivity contribution < 1.29 is 14.0 Å². The largest absolute Gasteiger partial charge is 0.497 e. The number of benzene rings is 1. The molecule has 1 atom stereocenters. The predicted octanol–water partition coefficient (Wildman–Crippen LogP) is 2.26. The summed E-state index contributed by atoms with van der Waals surface area (Å²) in [4.78, 5) is 4.31. The summed E-state index contributed by atoms with van der Waals surface area (Å²) in [6.07, 6.45) is 0. The van der Waals surface area contributed by atoms with E-state index in [2.05, 4.69) is 10.1 Å². The zero-order chi connectivity index (χ0) is 14.7. The van der Waals surface area contributed by atoms with Crippen molar-refractivity contribution in [3.05, 3.63) is 35.5 Å². The van der Waals surface area contributed by atoms with Crippen molar-refractivity contribution in [2.24, 2.45) is 5.73 Å². The van der Waals surface area contributed by atoms with Gasteiger partial charge in [0, 0.05) is 12.0 Å². The third-order valence-electron chi connectivity index (χ3n) is 2.96. The molecular weight excluding hydrogens is 258 g/mol. The molecule has 0 amide bonds. The fraction of sp³-hybridized carbons (Fsp3) is 0.429. The zero-order valence-corrected chi connectivity index (χ0v) is 12.1. The highest BCUT2D eigenvalue weighted by Gasteiger charge is 2.19. The summed E-state index contributed by atoms with van der Waals surface area (Å²) >= 11 is 0. The smallest absolute Gasteiger partial charge is 0.229 e. The topological polar surface area (TPSA) is 83.4 Å². The molecule has 1 unspecified atom stereocenters. The van der Waals surface area contributed by atoms with Gasteiger partial charge in [-0.05, 0) is 17.7 Å². The third kappa shape index (κ3) is 2.91. The molecule has 0 bridgehead atoms. The van der Waals surface area contributed by atoms with E-state index in [1.807, 2.05) is 26.0 Å². The SMILES string of the molecule is COc1cc(OC)cc(C(N)c2noc(C(C)C)n2)c1. The lowest BCUT2D eigenvalue weighted by Gasteiger charge is -2.11. The minimum atomic E-state index is -0.491. The van der Waals surface area contributed by atoms with Crippen LogP contribution in [0, 0.1) is 0 Å². The molecule has 6 heteroatoms. The van der Waals surface area contributed by atoms with Gasteiger partial charge in [0.15, 0.2) is 5.82 Å². The van der Waals surface area contributed by atoms with E-state index in [0.29, 0.717) is 23.2 Å². The van der Waals surface area contributed by atoms with Gasteiger partial charge in [0.25, 0.3) is 0 Å². The fourth-order valence-corrected chi connectivity index (χ4v) is 1.77. The molecule has 20 heavy (non-hydrogen) atoms. The summed E-state index contributed by atoms with van der Waals surface area (Å²) in [5.74, 6) is 2.53. The van der Waals surface area contributed by atoms with Crippen LogP contribution in [0.2, 0.25) is 0 Å². The lowest BCUT2D eigenvalue weighted by molar-refractivity contribution is 0.359. The number of ether oxygens (including phenoxy) is 2. The Bertz CT molecular complexity index is 559. The Morgan fingerprint density at radius 3 is 2.15 bits per heavy atom. The standard InChI is InChI=1S/C14H19N3O3/c1-8(2)14-16-13(17-20-14)12(15)9-5-10(18-3)7-11(6-9)19-4/h5-8,12H,15H2,1-4H3. The van der Waals surface area contributed by atoms with E-state index in [-0.39, 0.29) is 5.92 Å². The van der Waals surface area contributed by atoms with Crippen LogP contribution in [0.5, 0.6) is 11.5 Å². The van der Waals surface area contributed by atoms with Crippen molar-refractivity contribution in [2.75, 3.05) is 14.2 Å². The van der Waals surface area contributed by atoms with Gasteiger partial charge in [-0.2, -0.15) is 4.98 Å². The Hall–Kier alpha value is -2.08. The molecule has 108 valence electrons. The number of nitrogens with zero attached hydrogens (tertiary/aromatic N) is 2. The van der Waals surface area contributed by atoms with Crippen LogP contribution in [-0.2, 0) is 0 Å².